The number of aromatic nitrogens is 2. The summed E-state index contributed by atoms with van der Waals surface area (Å²) in [6, 6.07) is 7.03. The van der Waals surface area contributed by atoms with Gasteiger partial charge in [-0.2, -0.15) is 11.8 Å². The summed E-state index contributed by atoms with van der Waals surface area (Å²) in [7, 11) is 0. The SMILES string of the molecule is O=C(c1nc2ccccc2c(=O)[nH]1)N1CCSCC1. The van der Waals surface area contributed by atoms with Gasteiger partial charge in [-0.05, 0) is 12.1 Å². The molecule has 1 amide bonds. The topological polar surface area (TPSA) is 66.1 Å². The van der Waals surface area contributed by atoms with Crippen molar-refractivity contribution in [3.8, 4) is 0 Å². The molecule has 19 heavy (non-hydrogen) atoms. The van der Waals surface area contributed by atoms with Crippen LogP contribution in [-0.2, 0) is 0 Å². The summed E-state index contributed by atoms with van der Waals surface area (Å²) in [6.45, 7) is 1.42. The quantitative estimate of drug-likeness (QED) is 0.846. The lowest BCUT2D eigenvalue weighted by molar-refractivity contribution is 0.0760. The molecule has 0 saturated carbocycles. The molecule has 0 spiro atoms. The standard InChI is InChI=1S/C13H13N3O2S/c17-12-9-3-1-2-4-10(9)14-11(15-12)13(18)16-5-7-19-8-6-16/h1-4H,5-8H2,(H,14,15,17). The fraction of sp³-hybridized carbons (Fsp3) is 0.308. The Balaban J connectivity index is 2.00. The molecule has 1 aliphatic rings. The van der Waals surface area contributed by atoms with E-state index >= 15 is 0 Å². The van der Waals surface area contributed by atoms with E-state index in [2.05, 4.69) is 9.97 Å². The molecule has 3 rings (SSSR count). The van der Waals surface area contributed by atoms with Crippen molar-refractivity contribution in [3.63, 3.8) is 0 Å². The van der Waals surface area contributed by atoms with Gasteiger partial charge in [-0.1, -0.05) is 12.1 Å². The van der Waals surface area contributed by atoms with E-state index in [1.165, 1.54) is 0 Å². The molecule has 1 aromatic carbocycles. The molecule has 1 saturated heterocycles. The third-order valence-corrected chi connectivity index (χ3v) is 4.06. The number of fused-ring (bicyclic) bond motifs is 1. The van der Waals surface area contributed by atoms with Crippen LogP contribution in [0.1, 0.15) is 10.6 Å². The van der Waals surface area contributed by atoms with E-state index in [9.17, 15) is 9.59 Å². The van der Waals surface area contributed by atoms with Crippen molar-refractivity contribution in [1.29, 1.82) is 0 Å². The van der Waals surface area contributed by atoms with Gasteiger partial charge < -0.3 is 9.88 Å². The molecule has 1 N–H and O–H groups in total. The smallest absolute Gasteiger partial charge is 0.289 e. The van der Waals surface area contributed by atoms with E-state index in [1.807, 2.05) is 11.8 Å². The van der Waals surface area contributed by atoms with Crippen LogP contribution in [0.3, 0.4) is 0 Å². The van der Waals surface area contributed by atoms with E-state index in [1.54, 1.807) is 29.2 Å². The van der Waals surface area contributed by atoms with Crippen LogP contribution in [0.25, 0.3) is 10.9 Å². The van der Waals surface area contributed by atoms with Gasteiger partial charge in [0.1, 0.15) is 0 Å². The van der Waals surface area contributed by atoms with Crippen molar-refractivity contribution >= 4 is 28.6 Å². The molecule has 0 radical (unpaired) electrons. The molecule has 2 heterocycles. The Labute approximate surface area is 114 Å². The van der Waals surface area contributed by atoms with Gasteiger partial charge in [0.05, 0.1) is 10.9 Å². The average molecular weight is 275 g/mol. The van der Waals surface area contributed by atoms with Crippen LogP contribution < -0.4 is 5.56 Å². The number of thioether (sulfide) groups is 1. The number of carbonyl (C=O) groups is 1. The molecular weight excluding hydrogens is 262 g/mol. The summed E-state index contributed by atoms with van der Waals surface area (Å²) in [5, 5.41) is 0.508. The molecule has 0 unspecified atom stereocenters. The molecule has 1 fully saturated rings. The van der Waals surface area contributed by atoms with Crippen LogP contribution in [0.15, 0.2) is 29.1 Å². The zero-order chi connectivity index (χ0) is 13.2. The normalized spacial score (nSPS) is 15.7. The monoisotopic (exact) mass is 275 g/mol. The van der Waals surface area contributed by atoms with Gasteiger partial charge in [0.15, 0.2) is 5.82 Å². The molecule has 0 aliphatic carbocycles. The summed E-state index contributed by atoms with van der Waals surface area (Å²) >= 11 is 1.83. The maximum absolute atomic E-state index is 12.3. The van der Waals surface area contributed by atoms with Gasteiger partial charge in [-0.25, -0.2) is 4.98 Å². The number of rotatable bonds is 1. The Hall–Kier alpha value is -1.82. The number of carbonyl (C=O) groups excluding carboxylic acids is 1. The van der Waals surface area contributed by atoms with E-state index in [0.29, 0.717) is 24.0 Å². The van der Waals surface area contributed by atoms with Crippen LogP contribution >= 0.6 is 11.8 Å². The number of H-pyrrole nitrogens is 1. The van der Waals surface area contributed by atoms with Crippen molar-refractivity contribution in [2.24, 2.45) is 0 Å². The first-order chi connectivity index (χ1) is 9.25. The van der Waals surface area contributed by atoms with Gasteiger partial charge in [-0.3, -0.25) is 9.59 Å². The second-order valence-electron chi connectivity index (χ2n) is 4.34. The third kappa shape index (κ3) is 2.35. The Morgan fingerprint density at radius 2 is 2.00 bits per heavy atom. The highest BCUT2D eigenvalue weighted by atomic mass is 32.2. The summed E-state index contributed by atoms with van der Waals surface area (Å²) in [6.07, 6.45) is 0. The number of hydrogen-bond acceptors (Lipinski definition) is 4. The molecule has 2 aromatic rings. The molecule has 1 aromatic heterocycles. The zero-order valence-corrected chi connectivity index (χ0v) is 11.1. The highest BCUT2D eigenvalue weighted by molar-refractivity contribution is 7.99. The largest absolute Gasteiger partial charge is 0.334 e. The summed E-state index contributed by atoms with van der Waals surface area (Å²) < 4.78 is 0. The summed E-state index contributed by atoms with van der Waals surface area (Å²) in [4.78, 5) is 32.8. The molecule has 98 valence electrons. The van der Waals surface area contributed by atoms with Gasteiger partial charge in [0, 0.05) is 24.6 Å². The number of nitrogens with one attached hydrogen (secondary N) is 1. The lowest BCUT2D eigenvalue weighted by Gasteiger charge is -2.25. The van der Waals surface area contributed by atoms with E-state index < -0.39 is 0 Å². The number of benzene rings is 1. The minimum Gasteiger partial charge on any atom is -0.334 e. The minimum absolute atomic E-state index is 0.135. The fourth-order valence-electron chi connectivity index (χ4n) is 2.10. The number of aromatic amines is 1. The van der Waals surface area contributed by atoms with E-state index in [4.69, 9.17) is 0 Å². The van der Waals surface area contributed by atoms with Gasteiger partial charge >= 0.3 is 0 Å². The van der Waals surface area contributed by atoms with Crippen molar-refractivity contribution < 1.29 is 4.79 Å². The van der Waals surface area contributed by atoms with Gasteiger partial charge in [0.2, 0.25) is 0 Å². The molecule has 6 heteroatoms. The van der Waals surface area contributed by atoms with Crippen molar-refractivity contribution in [2.75, 3.05) is 24.6 Å². The first-order valence-corrected chi connectivity index (χ1v) is 7.27. The molecule has 0 atom stereocenters. The molecular formula is C13H13N3O2S. The molecule has 0 bridgehead atoms. The third-order valence-electron chi connectivity index (χ3n) is 3.11. The van der Waals surface area contributed by atoms with Crippen LogP contribution in [0.5, 0.6) is 0 Å². The van der Waals surface area contributed by atoms with E-state index in [-0.39, 0.29) is 17.3 Å². The Kier molecular flexibility index (Phi) is 3.25. The van der Waals surface area contributed by atoms with Crippen LogP contribution in [-0.4, -0.2) is 45.4 Å². The minimum atomic E-state index is -0.264. The van der Waals surface area contributed by atoms with Crippen molar-refractivity contribution in [3.05, 3.63) is 40.4 Å². The fourth-order valence-corrected chi connectivity index (χ4v) is 3.01. The highest BCUT2D eigenvalue weighted by Crippen LogP contribution is 2.12. The number of para-hydroxylation sites is 1. The first kappa shape index (κ1) is 12.2. The van der Waals surface area contributed by atoms with Crippen LogP contribution in [0, 0.1) is 0 Å². The predicted octanol–water partition coefficient (Wildman–Crippen LogP) is 1.11. The summed E-state index contributed by atoms with van der Waals surface area (Å²) in [5.41, 5.74) is 0.293. The second kappa shape index (κ2) is 5.05. The van der Waals surface area contributed by atoms with Crippen molar-refractivity contribution in [1.82, 2.24) is 14.9 Å². The predicted molar refractivity (Wildman–Crippen MR) is 75.6 cm³/mol. The molecule has 5 nitrogen and oxygen atoms in total. The van der Waals surface area contributed by atoms with Crippen molar-refractivity contribution in [2.45, 2.75) is 0 Å². The lowest BCUT2D eigenvalue weighted by Crippen LogP contribution is -2.39. The lowest BCUT2D eigenvalue weighted by atomic mass is 10.2. The Morgan fingerprint density at radius 1 is 1.26 bits per heavy atom. The first-order valence-electron chi connectivity index (χ1n) is 6.12. The second-order valence-corrected chi connectivity index (χ2v) is 5.56. The van der Waals surface area contributed by atoms with Crippen LogP contribution in [0.2, 0.25) is 0 Å². The van der Waals surface area contributed by atoms with Gasteiger partial charge in [0.25, 0.3) is 11.5 Å². The average Bonchev–Trinajstić information content (AvgIpc) is 2.47. The number of hydrogen-bond donors (Lipinski definition) is 1. The maximum atomic E-state index is 12.3. The maximum Gasteiger partial charge on any atom is 0.289 e. The van der Waals surface area contributed by atoms with Crippen LogP contribution in [0.4, 0.5) is 0 Å². The molecule has 1 aliphatic heterocycles. The Morgan fingerprint density at radius 3 is 2.79 bits per heavy atom. The van der Waals surface area contributed by atoms with Gasteiger partial charge in [-0.15, -0.1) is 0 Å². The number of nitrogens with zero attached hydrogens (tertiary/aromatic N) is 2. The highest BCUT2D eigenvalue weighted by Gasteiger charge is 2.20. The number of amides is 1. The van der Waals surface area contributed by atoms with E-state index in [0.717, 1.165) is 11.5 Å². The summed E-state index contributed by atoms with van der Waals surface area (Å²) in [5.74, 6) is 1.81. The Bertz CT molecular complexity index is 677. The zero-order valence-electron chi connectivity index (χ0n) is 10.3.